The SMILES string of the molecule is CCc1nn(C)c(Nc2ccc(C)c(C(F)(F)F)c2)c1N. The number of halogens is 3. The maximum atomic E-state index is 12.9. The molecule has 0 aliphatic heterocycles. The first-order chi connectivity index (χ1) is 9.74. The van der Waals surface area contributed by atoms with E-state index in [1.54, 1.807) is 13.1 Å². The molecule has 0 fully saturated rings. The molecule has 0 saturated heterocycles. The summed E-state index contributed by atoms with van der Waals surface area (Å²) in [4.78, 5) is 0. The van der Waals surface area contributed by atoms with Crippen LogP contribution in [0.3, 0.4) is 0 Å². The van der Waals surface area contributed by atoms with E-state index in [4.69, 9.17) is 5.73 Å². The molecular weight excluding hydrogens is 281 g/mol. The number of nitrogen functional groups attached to an aromatic ring is 1. The summed E-state index contributed by atoms with van der Waals surface area (Å²) in [5.41, 5.74) is 6.95. The van der Waals surface area contributed by atoms with E-state index < -0.39 is 11.7 Å². The smallest absolute Gasteiger partial charge is 0.394 e. The molecule has 7 heteroatoms. The van der Waals surface area contributed by atoms with E-state index in [1.807, 2.05) is 6.92 Å². The van der Waals surface area contributed by atoms with Crippen LogP contribution in [0.15, 0.2) is 18.2 Å². The Morgan fingerprint density at radius 3 is 2.52 bits per heavy atom. The Hall–Kier alpha value is -2.18. The first kappa shape index (κ1) is 15.2. The summed E-state index contributed by atoms with van der Waals surface area (Å²) >= 11 is 0. The zero-order chi connectivity index (χ0) is 15.8. The predicted octanol–water partition coefficient (Wildman–Crippen LogP) is 3.64. The van der Waals surface area contributed by atoms with Crippen molar-refractivity contribution in [1.29, 1.82) is 0 Å². The molecular formula is C14H17F3N4. The van der Waals surface area contributed by atoms with Gasteiger partial charge in [-0.3, -0.25) is 4.68 Å². The lowest BCUT2D eigenvalue weighted by atomic mass is 10.1. The van der Waals surface area contributed by atoms with E-state index in [0.29, 0.717) is 29.3 Å². The molecule has 1 aromatic heterocycles. The molecule has 114 valence electrons. The van der Waals surface area contributed by atoms with E-state index in [9.17, 15) is 13.2 Å². The van der Waals surface area contributed by atoms with Crippen molar-refractivity contribution in [3.8, 4) is 0 Å². The molecule has 0 radical (unpaired) electrons. The first-order valence-corrected chi connectivity index (χ1v) is 6.50. The molecule has 0 bridgehead atoms. The maximum Gasteiger partial charge on any atom is 0.416 e. The summed E-state index contributed by atoms with van der Waals surface area (Å²) in [6.07, 6.45) is -3.72. The van der Waals surface area contributed by atoms with E-state index in [1.165, 1.54) is 17.7 Å². The van der Waals surface area contributed by atoms with Crippen LogP contribution in [0.4, 0.5) is 30.4 Å². The molecule has 0 aliphatic carbocycles. The van der Waals surface area contributed by atoms with Gasteiger partial charge in [-0.2, -0.15) is 18.3 Å². The molecule has 1 aromatic carbocycles. The topological polar surface area (TPSA) is 55.9 Å². The standard InChI is InChI=1S/C14H17F3N4/c1-4-11-12(18)13(21(3)20-11)19-9-6-5-8(2)10(7-9)14(15,16)17/h5-7,19H,4,18H2,1-3H3. The Bertz CT molecular complexity index is 659. The summed E-state index contributed by atoms with van der Waals surface area (Å²) in [7, 11) is 1.69. The molecule has 0 spiro atoms. The minimum absolute atomic E-state index is 0.181. The van der Waals surface area contributed by atoms with Crippen molar-refractivity contribution in [3.05, 3.63) is 35.0 Å². The Morgan fingerprint density at radius 2 is 2.00 bits per heavy atom. The normalized spacial score (nSPS) is 11.7. The second-order valence-electron chi connectivity index (χ2n) is 4.84. The second-order valence-corrected chi connectivity index (χ2v) is 4.84. The van der Waals surface area contributed by atoms with Gasteiger partial charge < -0.3 is 11.1 Å². The van der Waals surface area contributed by atoms with Crippen LogP contribution in [0.25, 0.3) is 0 Å². The van der Waals surface area contributed by atoms with Crippen LogP contribution in [0.2, 0.25) is 0 Å². The third kappa shape index (κ3) is 2.96. The number of anilines is 3. The molecule has 0 aliphatic rings. The van der Waals surface area contributed by atoms with Gasteiger partial charge in [0.15, 0.2) is 5.82 Å². The lowest BCUT2D eigenvalue weighted by Gasteiger charge is -2.13. The lowest BCUT2D eigenvalue weighted by Crippen LogP contribution is -2.09. The van der Waals surface area contributed by atoms with E-state index in [2.05, 4.69) is 10.4 Å². The number of nitrogens with two attached hydrogens (primary N) is 1. The largest absolute Gasteiger partial charge is 0.416 e. The van der Waals surface area contributed by atoms with Crippen molar-refractivity contribution >= 4 is 17.2 Å². The molecule has 2 rings (SSSR count). The van der Waals surface area contributed by atoms with Gasteiger partial charge >= 0.3 is 6.18 Å². The maximum absolute atomic E-state index is 12.9. The van der Waals surface area contributed by atoms with Crippen molar-refractivity contribution in [1.82, 2.24) is 9.78 Å². The summed E-state index contributed by atoms with van der Waals surface area (Å²) < 4.78 is 40.3. The van der Waals surface area contributed by atoms with Crippen LogP contribution >= 0.6 is 0 Å². The highest BCUT2D eigenvalue weighted by Crippen LogP contribution is 2.34. The Labute approximate surface area is 120 Å². The number of nitrogens with one attached hydrogen (secondary N) is 1. The monoisotopic (exact) mass is 298 g/mol. The van der Waals surface area contributed by atoms with Crippen LogP contribution in [0.1, 0.15) is 23.7 Å². The zero-order valence-electron chi connectivity index (χ0n) is 12.0. The Morgan fingerprint density at radius 1 is 1.33 bits per heavy atom. The average molecular weight is 298 g/mol. The minimum Gasteiger partial charge on any atom is -0.394 e. The van der Waals surface area contributed by atoms with Gasteiger partial charge in [0.25, 0.3) is 0 Å². The summed E-state index contributed by atoms with van der Waals surface area (Å²) in [5.74, 6) is 0.490. The Balaban J connectivity index is 2.39. The van der Waals surface area contributed by atoms with Crippen LogP contribution in [0.5, 0.6) is 0 Å². The third-order valence-corrected chi connectivity index (χ3v) is 3.30. The molecule has 2 aromatic rings. The van der Waals surface area contributed by atoms with Gasteiger partial charge in [-0.1, -0.05) is 13.0 Å². The van der Waals surface area contributed by atoms with E-state index >= 15 is 0 Å². The fraction of sp³-hybridized carbons (Fsp3) is 0.357. The van der Waals surface area contributed by atoms with Crippen molar-refractivity contribution in [2.75, 3.05) is 11.1 Å². The highest BCUT2D eigenvalue weighted by atomic mass is 19.4. The minimum atomic E-state index is -4.38. The van der Waals surface area contributed by atoms with Gasteiger partial charge in [0.1, 0.15) is 0 Å². The summed E-state index contributed by atoms with van der Waals surface area (Å²) in [5, 5.41) is 7.13. The van der Waals surface area contributed by atoms with Gasteiger partial charge in [-0.25, -0.2) is 0 Å². The first-order valence-electron chi connectivity index (χ1n) is 6.50. The van der Waals surface area contributed by atoms with Crippen molar-refractivity contribution in [2.45, 2.75) is 26.4 Å². The van der Waals surface area contributed by atoms with Crippen molar-refractivity contribution in [2.24, 2.45) is 7.05 Å². The predicted molar refractivity (Wildman–Crippen MR) is 76.5 cm³/mol. The van der Waals surface area contributed by atoms with Crippen molar-refractivity contribution in [3.63, 3.8) is 0 Å². The number of rotatable bonds is 3. The number of hydrogen-bond donors (Lipinski definition) is 2. The lowest BCUT2D eigenvalue weighted by molar-refractivity contribution is -0.138. The summed E-state index contributed by atoms with van der Waals surface area (Å²) in [6, 6.07) is 4.09. The second kappa shape index (κ2) is 5.31. The number of nitrogens with zero attached hydrogens (tertiary/aromatic N) is 2. The fourth-order valence-corrected chi connectivity index (χ4v) is 2.15. The van der Waals surface area contributed by atoms with Crippen molar-refractivity contribution < 1.29 is 13.2 Å². The highest BCUT2D eigenvalue weighted by molar-refractivity contribution is 5.71. The molecule has 4 nitrogen and oxygen atoms in total. The molecule has 0 atom stereocenters. The molecule has 0 amide bonds. The number of benzene rings is 1. The molecule has 0 unspecified atom stereocenters. The van der Waals surface area contributed by atoms with Gasteiger partial charge in [-0.15, -0.1) is 0 Å². The zero-order valence-corrected chi connectivity index (χ0v) is 12.0. The fourth-order valence-electron chi connectivity index (χ4n) is 2.15. The Kier molecular flexibility index (Phi) is 3.85. The van der Waals surface area contributed by atoms with Crippen LogP contribution in [0, 0.1) is 6.92 Å². The molecule has 1 heterocycles. The van der Waals surface area contributed by atoms with Crippen LogP contribution in [-0.2, 0) is 19.6 Å². The number of aryl methyl sites for hydroxylation is 3. The summed E-state index contributed by atoms with van der Waals surface area (Å²) in [6.45, 7) is 3.34. The van der Waals surface area contributed by atoms with Crippen LogP contribution in [-0.4, -0.2) is 9.78 Å². The van der Waals surface area contributed by atoms with Gasteiger partial charge in [-0.05, 0) is 31.0 Å². The number of aromatic nitrogens is 2. The average Bonchev–Trinajstić information content (AvgIpc) is 2.67. The number of hydrogen-bond acceptors (Lipinski definition) is 3. The molecule has 0 saturated carbocycles. The highest BCUT2D eigenvalue weighted by Gasteiger charge is 2.32. The van der Waals surface area contributed by atoms with Crippen LogP contribution < -0.4 is 11.1 Å². The van der Waals surface area contributed by atoms with Gasteiger partial charge in [0, 0.05) is 12.7 Å². The molecule has 21 heavy (non-hydrogen) atoms. The molecule has 3 N–H and O–H groups in total. The van der Waals surface area contributed by atoms with Gasteiger partial charge in [0.2, 0.25) is 0 Å². The van der Waals surface area contributed by atoms with E-state index in [-0.39, 0.29) is 5.56 Å². The number of alkyl halides is 3. The van der Waals surface area contributed by atoms with Gasteiger partial charge in [0.05, 0.1) is 16.9 Å². The quantitative estimate of drug-likeness (QED) is 0.909. The third-order valence-electron chi connectivity index (χ3n) is 3.30. The van der Waals surface area contributed by atoms with E-state index in [0.717, 1.165) is 6.07 Å².